The molecule has 5 nitrogen and oxygen atoms in total. The normalized spacial score (nSPS) is 12.8. The van der Waals surface area contributed by atoms with Crippen molar-refractivity contribution in [1.29, 1.82) is 0 Å². The third-order valence-electron chi connectivity index (χ3n) is 0.776. The van der Waals surface area contributed by atoms with Gasteiger partial charge in [-0.3, -0.25) is 13.9 Å². The molecule has 6 heteroatoms. The lowest BCUT2D eigenvalue weighted by Gasteiger charge is -2.25. The molecule has 0 radical (unpaired) electrons. The van der Waals surface area contributed by atoms with Gasteiger partial charge in [0.25, 0.3) is 0 Å². The molecule has 0 aliphatic rings. The third-order valence-corrected chi connectivity index (χ3v) is 1.58. The molecule has 0 spiro atoms. The molecular weight excluding hydrogens is 156 g/mol. The Morgan fingerprint density at radius 1 is 1.70 bits per heavy atom. The second-order valence-electron chi connectivity index (χ2n) is 1.90. The minimum atomic E-state index is -2.93. The molecule has 0 saturated carbocycles. The van der Waals surface area contributed by atoms with Crippen LogP contribution in [0.1, 0.15) is 6.92 Å². The number of amides is 1. The van der Waals surface area contributed by atoms with Gasteiger partial charge in [0.05, 0.1) is 5.75 Å². The predicted molar refractivity (Wildman–Crippen MR) is 40.6 cm³/mol. The van der Waals surface area contributed by atoms with E-state index in [0.29, 0.717) is 0 Å². The first kappa shape index (κ1) is 9.70. The Labute approximate surface area is 61.1 Å². The molecule has 0 aliphatic heterocycles. The van der Waals surface area contributed by atoms with Crippen LogP contribution in [0.5, 0.6) is 0 Å². The van der Waals surface area contributed by atoms with Gasteiger partial charge in [-0.2, -0.15) is 0 Å². The van der Waals surface area contributed by atoms with Gasteiger partial charge in [-0.05, 0) is 0 Å². The number of nitrogens with one attached hydrogen (secondary N) is 1. The molecule has 0 saturated heterocycles. The maximum absolute atomic E-state index is 10.2. The van der Waals surface area contributed by atoms with E-state index < -0.39 is 10.8 Å². The zero-order valence-corrected chi connectivity index (χ0v) is 6.52. The summed E-state index contributed by atoms with van der Waals surface area (Å²) in [5.74, 6) is -0.198. The summed E-state index contributed by atoms with van der Waals surface area (Å²) in [7, 11) is -2.93. The Balaban J connectivity index is 3.29. The van der Waals surface area contributed by atoms with Crippen LogP contribution in [0.15, 0.2) is 0 Å². The van der Waals surface area contributed by atoms with Gasteiger partial charge in [0.2, 0.25) is 5.91 Å². The van der Waals surface area contributed by atoms with Gasteiger partial charge in [0.1, 0.15) is 0 Å². The summed E-state index contributed by atoms with van der Waals surface area (Å²) in [4.78, 5) is 10.2. The van der Waals surface area contributed by atoms with E-state index in [1.165, 1.54) is 6.92 Å². The van der Waals surface area contributed by atoms with Crippen molar-refractivity contribution in [2.75, 3.05) is 12.3 Å². The van der Waals surface area contributed by atoms with Gasteiger partial charge < -0.3 is 5.32 Å². The SMILES string of the molecule is CC(=O)NCCS(N)(O)O. The first-order chi connectivity index (χ1) is 4.42. The van der Waals surface area contributed by atoms with Crippen LogP contribution in [0, 0.1) is 0 Å². The fourth-order valence-corrected chi connectivity index (χ4v) is 0.780. The van der Waals surface area contributed by atoms with Crippen molar-refractivity contribution in [3.8, 4) is 0 Å². The molecule has 10 heavy (non-hydrogen) atoms. The molecule has 0 unspecified atom stereocenters. The molecule has 0 heterocycles. The van der Waals surface area contributed by atoms with Gasteiger partial charge in [-0.15, -0.1) is 10.8 Å². The summed E-state index contributed by atoms with van der Waals surface area (Å²) in [6.45, 7) is 1.55. The summed E-state index contributed by atoms with van der Waals surface area (Å²) in [6, 6.07) is 0. The summed E-state index contributed by atoms with van der Waals surface area (Å²) < 4.78 is 17.2. The second-order valence-corrected chi connectivity index (χ2v) is 3.75. The molecule has 0 fully saturated rings. The zero-order valence-electron chi connectivity index (χ0n) is 5.70. The quantitative estimate of drug-likeness (QED) is 0.467. The first-order valence-electron chi connectivity index (χ1n) is 2.70. The van der Waals surface area contributed by atoms with Crippen LogP contribution < -0.4 is 10.5 Å². The maximum atomic E-state index is 10.2. The number of hydrogen-bond acceptors (Lipinski definition) is 4. The molecule has 5 N–H and O–H groups in total. The molecule has 0 bridgehead atoms. The van der Waals surface area contributed by atoms with Crippen molar-refractivity contribution in [3.63, 3.8) is 0 Å². The molecule has 62 valence electrons. The molecule has 0 aromatic carbocycles. The largest absolute Gasteiger partial charge is 0.355 e. The number of carbonyl (C=O) groups is 1. The highest BCUT2D eigenvalue weighted by Gasteiger charge is 2.02. The Hall–Kier alpha value is -0.300. The van der Waals surface area contributed by atoms with Crippen LogP contribution in [0.2, 0.25) is 0 Å². The second kappa shape index (κ2) is 3.77. The van der Waals surface area contributed by atoms with Crippen molar-refractivity contribution in [3.05, 3.63) is 0 Å². The van der Waals surface area contributed by atoms with E-state index in [0.717, 1.165) is 0 Å². The fraction of sp³-hybridized carbons (Fsp3) is 0.750. The monoisotopic (exact) mass is 168 g/mol. The summed E-state index contributed by atoms with van der Waals surface area (Å²) in [5, 5.41) is 7.25. The van der Waals surface area contributed by atoms with Crippen LogP contribution in [0.25, 0.3) is 0 Å². The van der Waals surface area contributed by atoms with E-state index in [2.05, 4.69) is 5.32 Å². The maximum Gasteiger partial charge on any atom is 0.216 e. The lowest BCUT2D eigenvalue weighted by Crippen LogP contribution is -2.27. The minimum Gasteiger partial charge on any atom is -0.355 e. The molecule has 0 aromatic rings. The highest BCUT2D eigenvalue weighted by Crippen LogP contribution is 2.25. The Kier molecular flexibility index (Phi) is 3.66. The van der Waals surface area contributed by atoms with Crippen LogP contribution in [0.3, 0.4) is 0 Å². The third kappa shape index (κ3) is 7.70. The van der Waals surface area contributed by atoms with Gasteiger partial charge in [0.15, 0.2) is 0 Å². The molecule has 0 rings (SSSR count). The molecule has 0 aliphatic carbocycles. The lowest BCUT2D eigenvalue weighted by molar-refractivity contribution is -0.118. The first-order valence-corrected chi connectivity index (χ1v) is 4.48. The Morgan fingerprint density at radius 2 is 2.20 bits per heavy atom. The average Bonchev–Trinajstić information content (AvgIpc) is 1.59. The van der Waals surface area contributed by atoms with Gasteiger partial charge in [-0.1, -0.05) is 0 Å². The van der Waals surface area contributed by atoms with E-state index in [9.17, 15) is 4.79 Å². The van der Waals surface area contributed by atoms with Gasteiger partial charge in [0, 0.05) is 13.5 Å². The molecule has 1 amide bonds. The fourth-order valence-electron chi connectivity index (χ4n) is 0.377. The van der Waals surface area contributed by atoms with Gasteiger partial charge >= 0.3 is 0 Å². The number of carbonyl (C=O) groups excluding carboxylic acids is 1. The van der Waals surface area contributed by atoms with Crippen molar-refractivity contribution in [2.45, 2.75) is 6.92 Å². The topological polar surface area (TPSA) is 95.6 Å². The average molecular weight is 168 g/mol. The van der Waals surface area contributed by atoms with E-state index in [1.54, 1.807) is 0 Å². The number of hydrogen-bond donors (Lipinski definition) is 4. The standard InChI is InChI=1S/C4H12N2O3S/c1-4(7)6-2-3-10(5,8)9/h8-9H,2-3,5H2,1H3,(H,6,7). The minimum absolute atomic E-state index is 0.00653. The molecule has 0 aromatic heterocycles. The molecule has 0 atom stereocenters. The van der Waals surface area contributed by atoms with Crippen molar-refractivity contribution >= 4 is 16.7 Å². The lowest BCUT2D eigenvalue weighted by atomic mass is 10.6. The summed E-state index contributed by atoms with van der Waals surface area (Å²) >= 11 is 0. The summed E-state index contributed by atoms with van der Waals surface area (Å²) in [6.07, 6.45) is 0. The van der Waals surface area contributed by atoms with Gasteiger partial charge in [-0.25, -0.2) is 5.14 Å². The highest BCUT2D eigenvalue weighted by atomic mass is 32.3. The number of nitrogens with two attached hydrogens (primary N) is 1. The van der Waals surface area contributed by atoms with E-state index in [4.69, 9.17) is 14.2 Å². The zero-order chi connectivity index (χ0) is 8.20. The number of rotatable bonds is 3. The van der Waals surface area contributed by atoms with E-state index >= 15 is 0 Å². The van der Waals surface area contributed by atoms with Crippen LogP contribution in [0.4, 0.5) is 0 Å². The van der Waals surface area contributed by atoms with E-state index in [1.807, 2.05) is 0 Å². The molecular formula is C4H12N2O3S. The van der Waals surface area contributed by atoms with Crippen LogP contribution >= 0.6 is 10.8 Å². The predicted octanol–water partition coefficient (Wildman–Crippen LogP) is -0.253. The van der Waals surface area contributed by atoms with Crippen molar-refractivity contribution < 1.29 is 13.9 Å². The Morgan fingerprint density at radius 3 is 2.50 bits per heavy atom. The van der Waals surface area contributed by atoms with E-state index in [-0.39, 0.29) is 18.2 Å². The Bertz CT molecular complexity index is 122. The highest BCUT2D eigenvalue weighted by molar-refractivity contribution is 8.22. The smallest absolute Gasteiger partial charge is 0.216 e. The van der Waals surface area contributed by atoms with Crippen LogP contribution in [-0.2, 0) is 4.79 Å². The van der Waals surface area contributed by atoms with Crippen LogP contribution in [-0.4, -0.2) is 27.3 Å². The van der Waals surface area contributed by atoms with Crippen molar-refractivity contribution in [1.82, 2.24) is 5.32 Å². The van der Waals surface area contributed by atoms with Crippen molar-refractivity contribution in [2.24, 2.45) is 5.14 Å². The summed E-state index contributed by atoms with van der Waals surface area (Å²) in [5.41, 5.74) is 0.